The van der Waals surface area contributed by atoms with Crippen LogP contribution in [0.3, 0.4) is 0 Å². The van der Waals surface area contributed by atoms with Crippen LogP contribution in [-0.4, -0.2) is 25.7 Å². The van der Waals surface area contributed by atoms with Crippen molar-refractivity contribution in [1.29, 1.82) is 0 Å². The molecule has 0 saturated carbocycles. The highest BCUT2D eigenvalue weighted by molar-refractivity contribution is 5.94. The lowest BCUT2D eigenvalue weighted by atomic mass is 10.1. The maximum Gasteiger partial charge on any atom is 0.251 e. The van der Waals surface area contributed by atoms with Gasteiger partial charge in [0.15, 0.2) is 0 Å². The summed E-state index contributed by atoms with van der Waals surface area (Å²) in [6.45, 7) is 6.90. The van der Waals surface area contributed by atoms with E-state index in [4.69, 9.17) is 14.2 Å². The highest BCUT2D eigenvalue weighted by atomic mass is 16.5. The molecular weight excluding hydrogens is 342 g/mol. The Labute approximate surface area is 161 Å². The maximum absolute atomic E-state index is 12.5. The summed E-state index contributed by atoms with van der Waals surface area (Å²) >= 11 is 0. The average molecular weight is 371 g/mol. The molecule has 0 radical (unpaired) electrons. The van der Waals surface area contributed by atoms with Gasteiger partial charge in [-0.2, -0.15) is 0 Å². The first-order valence-electron chi connectivity index (χ1n) is 9.40. The first-order valence-corrected chi connectivity index (χ1v) is 9.40. The molecule has 1 N–H and O–H groups in total. The highest BCUT2D eigenvalue weighted by Gasteiger charge is 2.13. The Morgan fingerprint density at radius 3 is 2.56 bits per heavy atom. The summed E-state index contributed by atoms with van der Waals surface area (Å²) in [5, 5.41) is 3.03. The fourth-order valence-corrected chi connectivity index (χ4v) is 2.79. The van der Waals surface area contributed by atoms with Crippen molar-refractivity contribution in [2.24, 2.45) is 0 Å². The SMILES string of the molecule is CCCC(C)NC(=O)c1ccc(OCC)c(COc2cccc(OC)c2)c1. The van der Waals surface area contributed by atoms with Crippen LogP contribution in [0.5, 0.6) is 17.2 Å². The van der Waals surface area contributed by atoms with Crippen molar-refractivity contribution in [3.05, 3.63) is 53.6 Å². The number of methoxy groups -OCH3 is 1. The minimum Gasteiger partial charge on any atom is -0.497 e. The van der Waals surface area contributed by atoms with Crippen LogP contribution >= 0.6 is 0 Å². The van der Waals surface area contributed by atoms with Gasteiger partial charge in [-0.05, 0) is 50.6 Å². The molecule has 0 aliphatic rings. The van der Waals surface area contributed by atoms with E-state index in [1.807, 2.05) is 50.2 Å². The molecule has 2 aromatic carbocycles. The normalized spacial score (nSPS) is 11.6. The van der Waals surface area contributed by atoms with Gasteiger partial charge in [0.25, 0.3) is 5.91 Å². The average Bonchev–Trinajstić information content (AvgIpc) is 2.67. The summed E-state index contributed by atoms with van der Waals surface area (Å²) < 4.78 is 16.8. The molecule has 0 aromatic heterocycles. The van der Waals surface area contributed by atoms with Gasteiger partial charge in [-0.1, -0.05) is 19.4 Å². The van der Waals surface area contributed by atoms with Crippen LogP contribution in [0, 0.1) is 0 Å². The molecule has 1 unspecified atom stereocenters. The number of hydrogen-bond donors (Lipinski definition) is 1. The number of hydrogen-bond acceptors (Lipinski definition) is 4. The number of carbonyl (C=O) groups excluding carboxylic acids is 1. The number of nitrogens with one attached hydrogen (secondary N) is 1. The molecule has 1 atom stereocenters. The zero-order chi connectivity index (χ0) is 19.6. The second kappa shape index (κ2) is 10.5. The van der Waals surface area contributed by atoms with Crippen LogP contribution in [0.4, 0.5) is 0 Å². The van der Waals surface area contributed by atoms with Gasteiger partial charge in [0.2, 0.25) is 0 Å². The second-order valence-corrected chi connectivity index (χ2v) is 6.39. The molecule has 146 valence electrons. The molecule has 0 aliphatic carbocycles. The minimum atomic E-state index is -0.0818. The predicted octanol–water partition coefficient (Wildman–Crippen LogP) is 4.59. The lowest BCUT2D eigenvalue weighted by Crippen LogP contribution is -2.32. The van der Waals surface area contributed by atoms with Crippen LogP contribution in [0.2, 0.25) is 0 Å². The van der Waals surface area contributed by atoms with Gasteiger partial charge < -0.3 is 19.5 Å². The Balaban J connectivity index is 2.15. The molecule has 0 saturated heterocycles. The fourth-order valence-electron chi connectivity index (χ4n) is 2.79. The molecule has 0 spiro atoms. The molecule has 1 amide bonds. The topological polar surface area (TPSA) is 56.8 Å². The molecule has 0 heterocycles. The van der Waals surface area contributed by atoms with E-state index in [1.54, 1.807) is 13.2 Å². The highest BCUT2D eigenvalue weighted by Crippen LogP contribution is 2.24. The quantitative estimate of drug-likeness (QED) is 0.664. The van der Waals surface area contributed by atoms with E-state index < -0.39 is 0 Å². The van der Waals surface area contributed by atoms with Crippen molar-refractivity contribution in [3.63, 3.8) is 0 Å². The molecule has 0 bridgehead atoms. The van der Waals surface area contributed by atoms with E-state index in [1.165, 1.54) is 0 Å². The Bertz CT molecular complexity index is 745. The second-order valence-electron chi connectivity index (χ2n) is 6.39. The van der Waals surface area contributed by atoms with E-state index >= 15 is 0 Å². The Morgan fingerprint density at radius 1 is 1.07 bits per heavy atom. The fraction of sp³-hybridized carbons (Fsp3) is 0.409. The van der Waals surface area contributed by atoms with Crippen molar-refractivity contribution in [1.82, 2.24) is 5.32 Å². The molecule has 5 nitrogen and oxygen atoms in total. The van der Waals surface area contributed by atoms with Crippen LogP contribution in [0.1, 0.15) is 49.5 Å². The third-order valence-electron chi connectivity index (χ3n) is 4.16. The van der Waals surface area contributed by atoms with Gasteiger partial charge in [-0.3, -0.25) is 4.79 Å². The monoisotopic (exact) mass is 371 g/mol. The van der Waals surface area contributed by atoms with Crippen LogP contribution in [-0.2, 0) is 6.61 Å². The van der Waals surface area contributed by atoms with Gasteiger partial charge in [0, 0.05) is 23.2 Å². The number of amides is 1. The number of ether oxygens (including phenoxy) is 3. The standard InChI is InChI=1S/C22H29NO4/c1-5-8-16(3)23-22(24)17-11-12-21(26-6-2)18(13-17)15-27-20-10-7-9-19(14-20)25-4/h7,9-14,16H,5-6,8,15H2,1-4H3,(H,23,24). The lowest BCUT2D eigenvalue weighted by molar-refractivity contribution is 0.0938. The van der Waals surface area contributed by atoms with Gasteiger partial charge in [0.05, 0.1) is 13.7 Å². The summed E-state index contributed by atoms with van der Waals surface area (Å²) in [5.74, 6) is 2.07. The Kier molecular flexibility index (Phi) is 7.99. The summed E-state index contributed by atoms with van der Waals surface area (Å²) in [5.41, 5.74) is 1.43. The van der Waals surface area contributed by atoms with Gasteiger partial charge in [-0.15, -0.1) is 0 Å². The first kappa shape index (κ1) is 20.6. The number of rotatable bonds is 10. The van der Waals surface area contributed by atoms with Crippen molar-refractivity contribution in [2.75, 3.05) is 13.7 Å². The lowest BCUT2D eigenvalue weighted by Gasteiger charge is -2.16. The molecule has 2 aromatic rings. The molecule has 0 aliphatic heterocycles. The van der Waals surface area contributed by atoms with Gasteiger partial charge in [0.1, 0.15) is 23.9 Å². The molecule has 0 fully saturated rings. The predicted molar refractivity (Wildman–Crippen MR) is 107 cm³/mol. The van der Waals surface area contributed by atoms with Crippen molar-refractivity contribution in [3.8, 4) is 17.2 Å². The van der Waals surface area contributed by atoms with Crippen LogP contribution in [0.15, 0.2) is 42.5 Å². The maximum atomic E-state index is 12.5. The van der Waals surface area contributed by atoms with Crippen molar-refractivity contribution >= 4 is 5.91 Å². The number of benzene rings is 2. The molecule has 27 heavy (non-hydrogen) atoms. The van der Waals surface area contributed by atoms with E-state index in [0.29, 0.717) is 24.5 Å². The number of carbonyl (C=O) groups is 1. The molecular formula is C22H29NO4. The minimum absolute atomic E-state index is 0.0818. The Morgan fingerprint density at radius 2 is 1.85 bits per heavy atom. The zero-order valence-electron chi connectivity index (χ0n) is 16.6. The van der Waals surface area contributed by atoms with Crippen LogP contribution in [0.25, 0.3) is 0 Å². The van der Waals surface area contributed by atoms with E-state index in [0.717, 1.165) is 29.9 Å². The van der Waals surface area contributed by atoms with Gasteiger partial charge >= 0.3 is 0 Å². The third-order valence-corrected chi connectivity index (χ3v) is 4.16. The first-order chi connectivity index (χ1) is 13.1. The zero-order valence-corrected chi connectivity index (χ0v) is 16.6. The summed E-state index contributed by atoms with van der Waals surface area (Å²) in [7, 11) is 1.62. The van der Waals surface area contributed by atoms with Gasteiger partial charge in [-0.25, -0.2) is 0 Å². The smallest absolute Gasteiger partial charge is 0.251 e. The summed E-state index contributed by atoms with van der Waals surface area (Å²) in [6.07, 6.45) is 1.99. The third kappa shape index (κ3) is 6.20. The van der Waals surface area contributed by atoms with Crippen molar-refractivity contribution < 1.29 is 19.0 Å². The summed E-state index contributed by atoms with van der Waals surface area (Å²) in [6, 6.07) is 13.0. The molecule has 2 rings (SSSR count). The van der Waals surface area contributed by atoms with E-state index in [2.05, 4.69) is 12.2 Å². The Hall–Kier alpha value is -2.69. The molecule has 5 heteroatoms. The summed E-state index contributed by atoms with van der Waals surface area (Å²) in [4.78, 5) is 12.5. The van der Waals surface area contributed by atoms with Crippen molar-refractivity contribution in [2.45, 2.75) is 46.3 Å². The largest absolute Gasteiger partial charge is 0.497 e. The van der Waals surface area contributed by atoms with E-state index in [-0.39, 0.29) is 11.9 Å². The van der Waals surface area contributed by atoms with E-state index in [9.17, 15) is 4.79 Å². The van der Waals surface area contributed by atoms with Crippen LogP contribution < -0.4 is 19.5 Å².